The van der Waals surface area contributed by atoms with Gasteiger partial charge in [-0.25, -0.2) is 0 Å². The van der Waals surface area contributed by atoms with E-state index < -0.39 is 0 Å². The van der Waals surface area contributed by atoms with Crippen LogP contribution in [0.25, 0.3) is 5.70 Å². The summed E-state index contributed by atoms with van der Waals surface area (Å²) in [5, 5.41) is 4.42. The molecule has 0 radical (unpaired) electrons. The number of ketones is 1. The van der Waals surface area contributed by atoms with Crippen molar-refractivity contribution in [1.29, 1.82) is 0 Å². The van der Waals surface area contributed by atoms with E-state index in [9.17, 15) is 4.79 Å². The van der Waals surface area contributed by atoms with Crippen molar-refractivity contribution in [2.24, 2.45) is 5.92 Å². The van der Waals surface area contributed by atoms with Crippen LogP contribution >= 0.6 is 11.6 Å². The summed E-state index contributed by atoms with van der Waals surface area (Å²) in [5.41, 5.74) is 4.34. The summed E-state index contributed by atoms with van der Waals surface area (Å²) in [6.07, 6.45) is 8.45. The first-order valence-electron chi connectivity index (χ1n) is 9.75. The first-order chi connectivity index (χ1) is 12.2. The average Bonchev–Trinajstić information content (AvgIpc) is 2.55. The van der Waals surface area contributed by atoms with Crippen LogP contribution in [0.2, 0.25) is 5.02 Å². The highest BCUT2D eigenvalue weighted by Gasteiger charge is 2.30. The second-order valence-electron chi connectivity index (χ2n) is 8.82. The summed E-state index contributed by atoms with van der Waals surface area (Å²) in [5.74, 6) is 0.472. The van der Waals surface area contributed by atoms with E-state index in [0.717, 1.165) is 47.7 Å². The number of benzene rings is 1. The number of halogens is 1. The van der Waals surface area contributed by atoms with Crippen molar-refractivity contribution >= 4 is 23.1 Å². The van der Waals surface area contributed by atoms with Crippen LogP contribution < -0.4 is 5.32 Å². The van der Waals surface area contributed by atoms with E-state index in [2.05, 4.69) is 36.2 Å². The number of nitrogens with zero attached hydrogens (tertiary/aromatic N) is 1. The second-order valence-corrected chi connectivity index (χ2v) is 9.23. The molecule has 1 aliphatic heterocycles. The largest absolute Gasteiger partial charge is 0.379 e. The van der Waals surface area contributed by atoms with Gasteiger partial charge < -0.3 is 10.2 Å². The number of nitrogens with one attached hydrogen (secondary N) is 1. The molecular formula is C22H31ClN2O. The maximum absolute atomic E-state index is 12.9. The van der Waals surface area contributed by atoms with Crippen LogP contribution in [0.4, 0.5) is 0 Å². The van der Waals surface area contributed by atoms with Crippen molar-refractivity contribution in [2.75, 3.05) is 14.1 Å². The van der Waals surface area contributed by atoms with Crippen LogP contribution in [-0.2, 0) is 17.8 Å². The van der Waals surface area contributed by atoms with Gasteiger partial charge >= 0.3 is 0 Å². The fraction of sp³-hybridized carbons (Fsp3) is 0.591. The van der Waals surface area contributed by atoms with Gasteiger partial charge in [0.15, 0.2) is 5.78 Å². The lowest BCUT2D eigenvalue weighted by atomic mass is 9.82. The zero-order chi connectivity index (χ0) is 18.9. The second kappa shape index (κ2) is 7.74. The lowest BCUT2D eigenvalue weighted by Crippen LogP contribution is -2.44. The molecule has 0 amide bonds. The van der Waals surface area contributed by atoms with Crippen molar-refractivity contribution in [1.82, 2.24) is 10.2 Å². The minimum absolute atomic E-state index is 0.0852. The highest BCUT2D eigenvalue weighted by atomic mass is 35.5. The topological polar surface area (TPSA) is 32.3 Å². The standard InChI is InChI=1S/C22H31ClN2O/c1-22(2)13-16-11-19(23)17(14-25(3)4)10-18(16)20(24-22)12-21(26)15-8-6-5-7-9-15/h10-12,15,24H,5-9,13-14H2,1-4H3. The highest BCUT2D eigenvalue weighted by Crippen LogP contribution is 2.34. The van der Waals surface area contributed by atoms with E-state index in [1.165, 1.54) is 24.8 Å². The van der Waals surface area contributed by atoms with E-state index in [0.29, 0.717) is 0 Å². The number of carbonyl (C=O) groups excluding carboxylic acids is 1. The molecule has 0 atom stereocenters. The molecule has 1 aromatic rings. The molecule has 1 N–H and O–H groups in total. The lowest BCUT2D eigenvalue weighted by molar-refractivity contribution is -0.119. The fourth-order valence-corrected chi connectivity index (χ4v) is 4.48. The molecule has 1 heterocycles. The molecule has 142 valence electrons. The van der Waals surface area contributed by atoms with Crippen LogP contribution in [0.5, 0.6) is 0 Å². The lowest BCUT2D eigenvalue weighted by Gasteiger charge is -2.36. The van der Waals surface area contributed by atoms with Crippen LogP contribution in [0.15, 0.2) is 18.2 Å². The van der Waals surface area contributed by atoms with E-state index in [-0.39, 0.29) is 17.2 Å². The predicted molar refractivity (Wildman–Crippen MR) is 109 cm³/mol. The number of carbonyl (C=O) groups is 1. The number of hydrogen-bond donors (Lipinski definition) is 1. The predicted octanol–water partition coefficient (Wildman–Crippen LogP) is 4.82. The molecule has 3 rings (SSSR count). The quantitative estimate of drug-likeness (QED) is 0.767. The van der Waals surface area contributed by atoms with Gasteiger partial charge in [-0.05, 0) is 70.5 Å². The first-order valence-corrected chi connectivity index (χ1v) is 10.1. The van der Waals surface area contributed by atoms with Gasteiger partial charge in [0, 0.05) is 40.4 Å². The summed E-state index contributed by atoms with van der Waals surface area (Å²) in [6, 6.07) is 4.26. The Kier molecular flexibility index (Phi) is 5.78. The van der Waals surface area contributed by atoms with Gasteiger partial charge in [-0.1, -0.05) is 30.9 Å². The minimum Gasteiger partial charge on any atom is -0.379 e. The molecule has 26 heavy (non-hydrogen) atoms. The van der Waals surface area contributed by atoms with Crippen LogP contribution in [0.3, 0.4) is 0 Å². The molecule has 0 aromatic heterocycles. The highest BCUT2D eigenvalue weighted by molar-refractivity contribution is 6.31. The normalized spacial score (nSPS) is 21.5. The Hall–Kier alpha value is -1.32. The zero-order valence-corrected chi connectivity index (χ0v) is 17.2. The number of rotatable bonds is 4. The molecule has 1 aromatic carbocycles. The average molecular weight is 375 g/mol. The van der Waals surface area contributed by atoms with E-state index >= 15 is 0 Å². The molecule has 0 unspecified atom stereocenters. The molecule has 3 nitrogen and oxygen atoms in total. The summed E-state index contributed by atoms with van der Waals surface area (Å²) in [7, 11) is 4.08. The van der Waals surface area contributed by atoms with Crippen LogP contribution in [0.1, 0.15) is 62.6 Å². The van der Waals surface area contributed by atoms with E-state index in [1.54, 1.807) is 0 Å². The van der Waals surface area contributed by atoms with E-state index in [4.69, 9.17) is 11.6 Å². The van der Waals surface area contributed by atoms with Gasteiger partial charge in [0.05, 0.1) is 0 Å². The molecule has 0 saturated heterocycles. The Balaban J connectivity index is 1.98. The molecule has 0 spiro atoms. The van der Waals surface area contributed by atoms with Gasteiger partial charge in [0.1, 0.15) is 0 Å². The molecular weight excluding hydrogens is 344 g/mol. The number of fused-ring (bicyclic) bond motifs is 1. The summed E-state index contributed by atoms with van der Waals surface area (Å²) >= 11 is 6.54. The van der Waals surface area contributed by atoms with Crippen molar-refractivity contribution in [2.45, 2.75) is 64.5 Å². The summed E-state index contributed by atoms with van der Waals surface area (Å²) in [6.45, 7) is 5.15. The molecule has 2 aliphatic rings. The van der Waals surface area contributed by atoms with Crippen molar-refractivity contribution < 1.29 is 4.79 Å². The maximum atomic E-state index is 12.9. The van der Waals surface area contributed by atoms with E-state index in [1.807, 2.05) is 20.2 Å². The smallest absolute Gasteiger partial charge is 0.160 e. The van der Waals surface area contributed by atoms with Gasteiger partial charge in [-0.3, -0.25) is 4.79 Å². The monoisotopic (exact) mass is 374 g/mol. The fourth-order valence-electron chi connectivity index (χ4n) is 4.23. The summed E-state index contributed by atoms with van der Waals surface area (Å²) in [4.78, 5) is 15.0. The van der Waals surface area contributed by atoms with Gasteiger partial charge in [-0.2, -0.15) is 0 Å². The van der Waals surface area contributed by atoms with Gasteiger partial charge in [0.25, 0.3) is 0 Å². The number of allylic oxidation sites excluding steroid dienone is 1. The third-order valence-corrected chi connectivity index (χ3v) is 5.80. The third kappa shape index (κ3) is 4.50. The number of hydrogen-bond acceptors (Lipinski definition) is 3. The van der Waals surface area contributed by atoms with Crippen molar-refractivity contribution in [3.05, 3.63) is 39.9 Å². The molecule has 1 saturated carbocycles. The Labute approximate surface area is 162 Å². The first kappa shape index (κ1) is 19.4. The van der Waals surface area contributed by atoms with Gasteiger partial charge in [0.2, 0.25) is 0 Å². The molecule has 1 aliphatic carbocycles. The molecule has 4 heteroatoms. The zero-order valence-electron chi connectivity index (χ0n) is 16.5. The Morgan fingerprint density at radius 3 is 2.62 bits per heavy atom. The van der Waals surface area contributed by atoms with Gasteiger partial charge in [-0.15, -0.1) is 0 Å². The Morgan fingerprint density at radius 1 is 1.27 bits per heavy atom. The Bertz CT molecular complexity index is 715. The van der Waals surface area contributed by atoms with Crippen LogP contribution in [-0.4, -0.2) is 30.3 Å². The van der Waals surface area contributed by atoms with Crippen molar-refractivity contribution in [3.63, 3.8) is 0 Å². The summed E-state index contributed by atoms with van der Waals surface area (Å²) < 4.78 is 0. The Morgan fingerprint density at radius 2 is 1.96 bits per heavy atom. The third-order valence-electron chi connectivity index (χ3n) is 5.45. The SMILES string of the molecule is CN(C)Cc1cc2c(cc1Cl)CC(C)(C)NC2=CC(=O)C1CCCCC1. The minimum atomic E-state index is -0.0852. The van der Waals surface area contributed by atoms with Crippen LogP contribution in [0, 0.1) is 5.92 Å². The van der Waals surface area contributed by atoms with Crippen molar-refractivity contribution in [3.8, 4) is 0 Å². The molecule has 1 fully saturated rings. The maximum Gasteiger partial charge on any atom is 0.160 e. The molecule has 0 bridgehead atoms.